The highest BCUT2D eigenvalue weighted by Crippen LogP contribution is 2.60. The minimum atomic E-state index is -0.768. The summed E-state index contributed by atoms with van der Waals surface area (Å²) in [6, 6.07) is 12.8. The van der Waals surface area contributed by atoms with Gasteiger partial charge in [0.25, 0.3) is 0 Å². The Morgan fingerprint density at radius 1 is 0.868 bits per heavy atom. The van der Waals surface area contributed by atoms with Crippen LogP contribution in [0.15, 0.2) is 36.4 Å². The molecule has 5 aliphatic rings. The molecular formula is C32H42O6. The van der Waals surface area contributed by atoms with Gasteiger partial charge in [-0.15, -0.1) is 0 Å². The van der Waals surface area contributed by atoms with Crippen molar-refractivity contribution in [3.8, 4) is 5.75 Å². The minimum Gasteiger partial charge on any atom is -0.488 e. The quantitative estimate of drug-likeness (QED) is 0.384. The molecular weight excluding hydrogens is 480 g/mol. The van der Waals surface area contributed by atoms with Crippen LogP contribution in [0.1, 0.15) is 74.3 Å². The predicted octanol–water partition coefficient (Wildman–Crippen LogP) is 6.92. The van der Waals surface area contributed by atoms with Crippen LogP contribution in [0.25, 0.3) is 0 Å². The van der Waals surface area contributed by atoms with Crippen LogP contribution in [0, 0.1) is 44.4 Å². The van der Waals surface area contributed by atoms with Crippen LogP contribution in [0.3, 0.4) is 0 Å². The number of hydrogen-bond acceptors (Lipinski definition) is 6. The summed E-state index contributed by atoms with van der Waals surface area (Å²) < 4.78 is 25.6. The average molecular weight is 523 g/mol. The molecule has 2 aromatic rings. The predicted molar refractivity (Wildman–Crippen MR) is 143 cm³/mol. The highest BCUT2D eigenvalue weighted by Gasteiger charge is 2.69. The van der Waals surface area contributed by atoms with Crippen LogP contribution < -0.4 is 4.74 Å². The SMILES string of the molecule is Cc1cc(C)c(OCc2ccc(CO[C@H]3O[C@H]4O[C@]5(C)CC[C@H]6[C@H](C)CC[C@H]([C@H]3C)[C@@]46OO5)cc2)c(C)c1. The molecule has 0 amide bonds. The van der Waals surface area contributed by atoms with E-state index in [1.807, 2.05) is 6.92 Å². The normalized spacial score (nSPS) is 37.9. The molecule has 206 valence electrons. The average Bonchev–Trinajstić information content (AvgIpc) is 3.11. The van der Waals surface area contributed by atoms with Crippen molar-refractivity contribution in [3.05, 3.63) is 64.2 Å². The first kappa shape index (κ1) is 26.3. The molecule has 1 saturated carbocycles. The highest BCUT2D eigenvalue weighted by molar-refractivity contribution is 5.43. The first-order valence-electron chi connectivity index (χ1n) is 14.3. The lowest BCUT2D eigenvalue weighted by molar-refractivity contribution is -0.577. The minimum absolute atomic E-state index is 0.171. The molecule has 2 aromatic carbocycles. The molecule has 38 heavy (non-hydrogen) atoms. The van der Waals surface area contributed by atoms with Gasteiger partial charge in [0.15, 0.2) is 18.2 Å². The Hall–Kier alpha value is -1.96. The smallest absolute Gasteiger partial charge is 0.201 e. The van der Waals surface area contributed by atoms with Gasteiger partial charge in [0, 0.05) is 18.3 Å². The summed E-state index contributed by atoms with van der Waals surface area (Å²) in [6.07, 6.45) is 3.27. The van der Waals surface area contributed by atoms with Crippen LogP contribution in [-0.4, -0.2) is 24.0 Å². The first-order valence-corrected chi connectivity index (χ1v) is 14.3. The van der Waals surface area contributed by atoms with Crippen molar-refractivity contribution in [2.24, 2.45) is 23.7 Å². The van der Waals surface area contributed by atoms with Crippen LogP contribution in [-0.2, 0) is 37.2 Å². The van der Waals surface area contributed by atoms with Gasteiger partial charge in [0.05, 0.1) is 6.61 Å². The van der Waals surface area contributed by atoms with Crippen molar-refractivity contribution in [2.45, 2.75) is 104 Å². The molecule has 0 radical (unpaired) electrons. The van der Waals surface area contributed by atoms with Gasteiger partial charge in [0.2, 0.25) is 5.79 Å². The largest absolute Gasteiger partial charge is 0.488 e. The summed E-state index contributed by atoms with van der Waals surface area (Å²) in [6.45, 7) is 13.9. The monoisotopic (exact) mass is 522 g/mol. The third-order valence-corrected chi connectivity index (χ3v) is 9.52. The van der Waals surface area contributed by atoms with Crippen LogP contribution >= 0.6 is 0 Å². The highest BCUT2D eigenvalue weighted by atomic mass is 17.3. The van der Waals surface area contributed by atoms with Gasteiger partial charge >= 0.3 is 0 Å². The molecule has 7 rings (SSSR count). The topological polar surface area (TPSA) is 55.4 Å². The second-order valence-electron chi connectivity index (χ2n) is 12.4. The fraction of sp³-hybridized carbons (Fsp3) is 0.625. The van der Waals surface area contributed by atoms with Crippen molar-refractivity contribution in [2.75, 3.05) is 0 Å². The maximum absolute atomic E-state index is 6.55. The van der Waals surface area contributed by atoms with Crippen molar-refractivity contribution in [1.82, 2.24) is 0 Å². The summed E-state index contributed by atoms with van der Waals surface area (Å²) in [7, 11) is 0. The number of rotatable bonds is 6. The lowest BCUT2D eigenvalue weighted by Crippen LogP contribution is -2.70. The Labute approximate surface area is 226 Å². The Kier molecular flexibility index (Phi) is 6.84. The van der Waals surface area contributed by atoms with Gasteiger partial charge in [0.1, 0.15) is 12.4 Å². The summed E-state index contributed by atoms with van der Waals surface area (Å²) in [5, 5.41) is 0. The van der Waals surface area contributed by atoms with Crippen molar-refractivity contribution in [1.29, 1.82) is 0 Å². The second kappa shape index (κ2) is 9.90. The third kappa shape index (κ3) is 4.48. The fourth-order valence-corrected chi connectivity index (χ4v) is 7.52. The molecule has 0 N–H and O–H groups in total. The zero-order valence-corrected chi connectivity index (χ0v) is 23.6. The zero-order chi connectivity index (χ0) is 26.7. The molecule has 8 atom stereocenters. The maximum Gasteiger partial charge on any atom is 0.201 e. The maximum atomic E-state index is 6.55. The van der Waals surface area contributed by atoms with E-state index in [1.54, 1.807) is 0 Å². The molecule has 5 fully saturated rings. The molecule has 0 unspecified atom stereocenters. The van der Waals surface area contributed by atoms with Crippen molar-refractivity contribution in [3.63, 3.8) is 0 Å². The second-order valence-corrected chi connectivity index (χ2v) is 12.4. The first-order chi connectivity index (χ1) is 18.2. The van der Waals surface area contributed by atoms with Gasteiger partial charge in [-0.3, -0.25) is 0 Å². The number of benzene rings is 2. The number of ether oxygens (including phenoxy) is 4. The molecule has 0 aromatic heterocycles. The molecule has 4 heterocycles. The van der Waals surface area contributed by atoms with E-state index in [4.69, 9.17) is 28.7 Å². The standard InChI is InChI=1S/C32H42O6/c1-19-15-21(3)28(22(4)16-19)33-17-24-8-10-25(11-9-24)18-34-29-23(5)27-12-7-20(2)26-13-14-31(6)36-30(35-29)32(26,27)38-37-31/h8-11,15-16,20,23,26-27,29-30H,7,12-14,17-18H2,1-6H3/t20-,23-,26+,27-,29+,30+,31+,32-/m1/s1. The van der Waals surface area contributed by atoms with Crippen molar-refractivity contribution >= 4 is 0 Å². The summed E-state index contributed by atoms with van der Waals surface area (Å²) in [5.41, 5.74) is 5.29. The number of fused-ring (bicyclic) bond motifs is 2. The van der Waals surface area contributed by atoms with Gasteiger partial charge in [-0.25, -0.2) is 9.78 Å². The molecule has 2 bridgehead atoms. The third-order valence-electron chi connectivity index (χ3n) is 9.52. The molecule has 4 aliphatic heterocycles. The molecule has 1 aliphatic carbocycles. The zero-order valence-electron chi connectivity index (χ0n) is 23.6. The van der Waals surface area contributed by atoms with E-state index in [0.717, 1.165) is 36.1 Å². The number of hydrogen-bond donors (Lipinski definition) is 0. The lowest BCUT2D eigenvalue weighted by atomic mass is 9.58. The Bertz CT molecular complexity index is 1140. The van der Waals surface area contributed by atoms with E-state index in [0.29, 0.717) is 25.0 Å². The summed E-state index contributed by atoms with van der Waals surface area (Å²) in [5.74, 6) is 1.56. The van der Waals surface area contributed by atoms with Crippen molar-refractivity contribution < 1.29 is 28.7 Å². The summed E-state index contributed by atoms with van der Waals surface area (Å²) in [4.78, 5) is 12.2. The summed E-state index contributed by atoms with van der Waals surface area (Å²) >= 11 is 0. The van der Waals surface area contributed by atoms with E-state index < -0.39 is 17.7 Å². The van der Waals surface area contributed by atoms with Gasteiger partial charge in [-0.1, -0.05) is 55.8 Å². The number of aryl methyl sites for hydroxylation is 3. The molecule has 4 saturated heterocycles. The van der Waals surface area contributed by atoms with Gasteiger partial charge < -0.3 is 18.9 Å². The molecule has 6 heteroatoms. The Morgan fingerprint density at radius 3 is 2.26 bits per heavy atom. The van der Waals surface area contributed by atoms with E-state index in [9.17, 15) is 0 Å². The molecule has 6 nitrogen and oxygen atoms in total. The molecule has 1 spiro atoms. The van der Waals surface area contributed by atoms with Crippen LogP contribution in [0.4, 0.5) is 0 Å². The van der Waals surface area contributed by atoms with E-state index in [2.05, 4.69) is 71.0 Å². The van der Waals surface area contributed by atoms with Gasteiger partial charge in [-0.05, 0) is 81.0 Å². The van der Waals surface area contributed by atoms with E-state index in [1.165, 1.54) is 23.1 Å². The van der Waals surface area contributed by atoms with E-state index >= 15 is 0 Å². The van der Waals surface area contributed by atoms with Crippen LogP contribution in [0.5, 0.6) is 5.75 Å². The van der Waals surface area contributed by atoms with Crippen LogP contribution in [0.2, 0.25) is 0 Å². The van der Waals surface area contributed by atoms with Gasteiger partial charge in [-0.2, -0.15) is 0 Å². The van der Waals surface area contributed by atoms with E-state index in [-0.39, 0.29) is 18.1 Å². The lowest BCUT2D eigenvalue weighted by Gasteiger charge is -2.60. The Balaban J connectivity index is 1.11. The Morgan fingerprint density at radius 2 is 1.55 bits per heavy atom. The fourth-order valence-electron chi connectivity index (χ4n) is 7.52.